The smallest absolute Gasteiger partial charge is 0.270 e. The van der Waals surface area contributed by atoms with Crippen molar-refractivity contribution in [3.05, 3.63) is 45.5 Å². The first-order valence-corrected chi connectivity index (χ1v) is 8.06. The van der Waals surface area contributed by atoms with Crippen molar-refractivity contribution >= 4 is 11.8 Å². The molecule has 0 spiro atoms. The number of hydrogen-bond acceptors (Lipinski definition) is 3. The van der Waals surface area contributed by atoms with E-state index < -0.39 is 0 Å². The van der Waals surface area contributed by atoms with Gasteiger partial charge in [-0.3, -0.25) is 10.1 Å². The molecule has 0 N–H and O–H groups in total. The summed E-state index contributed by atoms with van der Waals surface area (Å²) in [6.45, 7) is 9.90. The second kappa shape index (κ2) is 7.05. The molecule has 1 aliphatic rings. The Kier molecular flexibility index (Phi) is 5.35. The van der Waals surface area contributed by atoms with Gasteiger partial charge in [-0.25, -0.2) is 0 Å². The highest BCUT2D eigenvalue weighted by Crippen LogP contribution is 2.29. The van der Waals surface area contributed by atoms with E-state index in [2.05, 4.69) is 31.7 Å². The van der Waals surface area contributed by atoms with Crippen LogP contribution in [0, 0.1) is 10.1 Å². The highest BCUT2D eigenvalue weighted by Gasteiger charge is 2.19. The maximum atomic E-state index is 11.0. The number of non-ortho nitro benzene ring substituents is 1. The van der Waals surface area contributed by atoms with Gasteiger partial charge in [0.05, 0.1) is 4.92 Å². The van der Waals surface area contributed by atoms with E-state index in [0.717, 1.165) is 24.1 Å². The summed E-state index contributed by atoms with van der Waals surface area (Å²) >= 11 is 0. The molecule has 4 nitrogen and oxygen atoms in total. The first-order chi connectivity index (χ1) is 10.4. The Morgan fingerprint density at radius 1 is 1.27 bits per heavy atom. The molecule has 0 unspecified atom stereocenters. The fourth-order valence-corrected chi connectivity index (χ4v) is 2.96. The monoisotopic (exact) mass is 302 g/mol. The van der Waals surface area contributed by atoms with Gasteiger partial charge in [0.25, 0.3) is 5.69 Å². The molecule has 1 heterocycles. The summed E-state index contributed by atoms with van der Waals surface area (Å²) < 4.78 is 0. The van der Waals surface area contributed by atoms with Crippen LogP contribution < -0.4 is 0 Å². The topological polar surface area (TPSA) is 46.4 Å². The number of hydrogen-bond donors (Lipinski definition) is 0. The molecule has 1 saturated heterocycles. The highest BCUT2D eigenvalue weighted by atomic mass is 16.6. The lowest BCUT2D eigenvalue weighted by molar-refractivity contribution is -0.384. The third-order valence-electron chi connectivity index (χ3n) is 4.16. The van der Waals surface area contributed by atoms with E-state index in [1.807, 2.05) is 12.1 Å². The molecule has 4 heteroatoms. The number of rotatable bonds is 5. The molecule has 0 radical (unpaired) electrons. The molecule has 1 fully saturated rings. The first kappa shape index (κ1) is 16.7. The number of nitro benzene ring substituents is 1. The van der Waals surface area contributed by atoms with E-state index >= 15 is 0 Å². The molecule has 1 aromatic rings. The maximum Gasteiger partial charge on any atom is 0.270 e. The average molecular weight is 302 g/mol. The van der Waals surface area contributed by atoms with E-state index in [0.29, 0.717) is 0 Å². The first-order valence-electron chi connectivity index (χ1n) is 8.06. The molecule has 22 heavy (non-hydrogen) atoms. The van der Waals surface area contributed by atoms with Crippen molar-refractivity contribution < 1.29 is 4.92 Å². The van der Waals surface area contributed by atoms with E-state index in [9.17, 15) is 10.1 Å². The fraction of sp³-hybridized carbons (Fsp3) is 0.556. The van der Waals surface area contributed by atoms with Crippen LogP contribution >= 0.6 is 0 Å². The lowest BCUT2D eigenvalue weighted by Gasteiger charge is -2.21. The van der Waals surface area contributed by atoms with Gasteiger partial charge >= 0.3 is 0 Å². The van der Waals surface area contributed by atoms with Crippen molar-refractivity contribution in [1.82, 2.24) is 4.90 Å². The summed E-state index contributed by atoms with van der Waals surface area (Å²) in [5.41, 5.74) is 2.25. The van der Waals surface area contributed by atoms with Gasteiger partial charge in [0, 0.05) is 18.7 Å². The number of nitro groups is 1. The van der Waals surface area contributed by atoms with Gasteiger partial charge in [0.1, 0.15) is 0 Å². The minimum atomic E-state index is -0.325. The SMILES string of the molecule is CC(C)(C)c1ccc([N+](=O)[O-])cc1/C=C/CCN1CCCC1. The molecule has 0 atom stereocenters. The van der Waals surface area contributed by atoms with Crippen LogP contribution in [0.25, 0.3) is 6.08 Å². The molecular formula is C18H26N2O2. The standard InChI is InChI=1S/C18H26N2O2/c1-18(2,3)17-10-9-16(20(21)22)14-15(17)8-4-5-11-19-12-6-7-13-19/h4,8-10,14H,5-7,11-13H2,1-3H3/b8-4+. The average Bonchev–Trinajstić information content (AvgIpc) is 2.95. The second-order valence-corrected chi connectivity index (χ2v) is 7.02. The Labute approximate surface area is 133 Å². The van der Waals surface area contributed by atoms with Crippen molar-refractivity contribution in [3.63, 3.8) is 0 Å². The highest BCUT2D eigenvalue weighted by molar-refractivity contribution is 5.59. The zero-order valence-corrected chi connectivity index (χ0v) is 13.8. The van der Waals surface area contributed by atoms with Gasteiger partial charge in [-0.05, 0) is 48.9 Å². The van der Waals surface area contributed by atoms with Crippen LogP contribution in [0.4, 0.5) is 5.69 Å². The zero-order valence-electron chi connectivity index (χ0n) is 13.8. The maximum absolute atomic E-state index is 11.0. The summed E-state index contributed by atoms with van der Waals surface area (Å²) in [4.78, 5) is 13.1. The van der Waals surface area contributed by atoms with Gasteiger partial charge < -0.3 is 4.90 Å². The Balaban J connectivity index is 2.11. The zero-order chi connectivity index (χ0) is 16.2. The summed E-state index contributed by atoms with van der Waals surface area (Å²) in [6, 6.07) is 5.17. The number of nitrogens with zero attached hydrogens (tertiary/aromatic N) is 2. The Bertz CT molecular complexity index is 553. The molecule has 0 bridgehead atoms. The van der Waals surface area contributed by atoms with Crippen molar-refractivity contribution in [2.75, 3.05) is 19.6 Å². The van der Waals surface area contributed by atoms with Crippen molar-refractivity contribution in [3.8, 4) is 0 Å². The predicted octanol–water partition coefficient (Wildman–Crippen LogP) is 4.39. The molecule has 0 amide bonds. The molecule has 120 valence electrons. The van der Waals surface area contributed by atoms with E-state index in [4.69, 9.17) is 0 Å². The minimum Gasteiger partial charge on any atom is -0.303 e. The summed E-state index contributed by atoms with van der Waals surface area (Å²) in [6.07, 6.45) is 7.80. The molecule has 0 saturated carbocycles. The third kappa shape index (κ3) is 4.41. The molecule has 0 aromatic heterocycles. The van der Waals surface area contributed by atoms with Crippen molar-refractivity contribution in [2.45, 2.75) is 45.4 Å². The predicted molar refractivity (Wildman–Crippen MR) is 91.1 cm³/mol. The van der Waals surface area contributed by atoms with Crippen LogP contribution in [-0.4, -0.2) is 29.5 Å². The molecular weight excluding hydrogens is 276 g/mol. The minimum absolute atomic E-state index is 0.0241. The van der Waals surface area contributed by atoms with Crippen LogP contribution in [-0.2, 0) is 5.41 Å². The van der Waals surface area contributed by atoms with E-state index in [-0.39, 0.29) is 16.0 Å². The van der Waals surface area contributed by atoms with Crippen LogP contribution in [0.1, 0.15) is 51.2 Å². The van der Waals surface area contributed by atoms with Gasteiger partial charge in [-0.15, -0.1) is 0 Å². The third-order valence-corrected chi connectivity index (χ3v) is 4.16. The quantitative estimate of drug-likeness (QED) is 0.598. The lowest BCUT2D eigenvalue weighted by atomic mass is 9.83. The Morgan fingerprint density at radius 2 is 1.95 bits per heavy atom. The van der Waals surface area contributed by atoms with Crippen molar-refractivity contribution in [1.29, 1.82) is 0 Å². The van der Waals surface area contributed by atoms with Gasteiger partial charge in [-0.2, -0.15) is 0 Å². The van der Waals surface area contributed by atoms with Gasteiger partial charge in [0.15, 0.2) is 0 Å². The normalized spacial score (nSPS) is 16.5. The Hall–Kier alpha value is -1.68. The van der Waals surface area contributed by atoms with Crippen LogP contribution in [0.2, 0.25) is 0 Å². The number of benzene rings is 1. The molecule has 1 aliphatic heterocycles. The van der Waals surface area contributed by atoms with E-state index in [1.165, 1.54) is 25.9 Å². The second-order valence-electron chi connectivity index (χ2n) is 7.02. The van der Waals surface area contributed by atoms with Crippen LogP contribution in [0.15, 0.2) is 24.3 Å². The van der Waals surface area contributed by atoms with Crippen LogP contribution in [0.3, 0.4) is 0 Å². The number of likely N-dealkylation sites (tertiary alicyclic amines) is 1. The Morgan fingerprint density at radius 3 is 2.55 bits per heavy atom. The van der Waals surface area contributed by atoms with Crippen LogP contribution in [0.5, 0.6) is 0 Å². The molecule has 0 aliphatic carbocycles. The van der Waals surface area contributed by atoms with Crippen molar-refractivity contribution in [2.24, 2.45) is 0 Å². The fourth-order valence-electron chi connectivity index (χ4n) is 2.96. The molecule has 1 aromatic carbocycles. The summed E-state index contributed by atoms with van der Waals surface area (Å²) in [7, 11) is 0. The molecule has 2 rings (SSSR count). The summed E-state index contributed by atoms with van der Waals surface area (Å²) in [5.74, 6) is 0. The van der Waals surface area contributed by atoms with E-state index in [1.54, 1.807) is 12.1 Å². The van der Waals surface area contributed by atoms with Gasteiger partial charge in [0.2, 0.25) is 0 Å². The largest absolute Gasteiger partial charge is 0.303 e. The lowest BCUT2D eigenvalue weighted by Crippen LogP contribution is -2.19. The van der Waals surface area contributed by atoms with Gasteiger partial charge in [-0.1, -0.05) is 39.0 Å². The summed E-state index contributed by atoms with van der Waals surface area (Å²) in [5, 5.41) is 11.0.